The Balaban J connectivity index is 2.21. The van der Waals surface area contributed by atoms with Gasteiger partial charge >= 0.3 is 0 Å². The van der Waals surface area contributed by atoms with Crippen molar-refractivity contribution in [2.75, 3.05) is 0 Å². The predicted octanol–water partition coefficient (Wildman–Crippen LogP) is 1.76. The maximum atomic E-state index is 11.2. The number of benzene rings is 2. The van der Waals surface area contributed by atoms with Crippen molar-refractivity contribution in [1.29, 1.82) is 0 Å². The first-order valence-electron chi connectivity index (χ1n) is 6.11. The Morgan fingerprint density at radius 1 is 1.00 bits per heavy atom. The second-order valence-corrected chi connectivity index (χ2v) is 4.31. The fraction of sp³-hybridized carbons (Fsp3) is 0.125. The topological polar surface area (TPSA) is 66.4 Å². The summed E-state index contributed by atoms with van der Waals surface area (Å²) in [5, 5.41) is 11.2. The average molecular weight is 269 g/mol. The van der Waals surface area contributed by atoms with E-state index in [0.717, 1.165) is 0 Å². The minimum Gasteiger partial charge on any atom is -0.546 e. The van der Waals surface area contributed by atoms with E-state index in [2.05, 4.69) is 0 Å². The number of carboxylic acids is 1. The monoisotopic (exact) mass is 269 g/mol. The molecule has 0 bridgehead atoms. The van der Waals surface area contributed by atoms with Crippen molar-refractivity contribution in [2.45, 2.75) is 13.0 Å². The number of rotatable bonds is 5. The number of Topliss-reactive ketones (excluding diaryl/α,β-unsaturated/α-hetero) is 1. The molecule has 0 heterocycles. The van der Waals surface area contributed by atoms with Crippen molar-refractivity contribution in [2.24, 2.45) is 0 Å². The first-order valence-corrected chi connectivity index (χ1v) is 6.11. The normalized spacial score (nSPS) is 11.7. The lowest BCUT2D eigenvalue weighted by atomic mass is 10.1. The van der Waals surface area contributed by atoms with Gasteiger partial charge in [-0.1, -0.05) is 30.3 Å². The molecule has 0 spiro atoms. The summed E-state index contributed by atoms with van der Waals surface area (Å²) in [6.07, 6.45) is -1.18. The highest BCUT2D eigenvalue weighted by Gasteiger charge is 2.14. The molecule has 0 unspecified atom stereocenters. The van der Waals surface area contributed by atoms with Crippen molar-refractivity contribution >= 4 is 11.8 Å². The zero-order valence-corrected chi connectivity index (χ0v) is 10.9. The summed E-state index contributed by atoms with van der Waals surface area (Å²) in [6.45, 7) is 1.46. The third-order valence-corrected chi connectivity index (χ3v) is 2.83. The Bertz CT molecular complexity index is 602. The van der Waals surface area contributed by atoms with Crippen LogP contribution in [0, 0.1) is 0 Å². The van der Waals surface area contributed by atoms with Crippen molar-refractivity contribution in [1.82, 2.24) is 0 Å². The maximum Gasteiger partial charge on any atom is 0.163 e. The van der Waals surface area contributed by atoms with Crippen LogP contribution in [0.3, 0.4) is 0 Å². The van der Waals surface area contributed by atoms with Gasteiger partial charge < -0.3 is 14.6 Å². The SMILES string of the molecule is CC(=O)c1ccc(O[C@H](C(=O)[O-])c2ccccc2)cc1. The van der Waals surface area contributed by atoms with Gasteiger partial charge in [-0.25, -0.2) is 0 Å². The van der Waals surface area contributed by atoms with Crippen LogP contribution in [0.15, 0.2) is 54.6 Å². The smallest absolute Gasteiger partial charge is 0.163 e. The Morgan fingerprint density at radius 2 is 1.60 bits per heavy atom. The predicted molar refractivity (Wildman–Crippen MR) is 71.3 cm³/mol. The highest BCUT2D eigenvalue weighted by molar-refractivity contribution is 5.94. The number of ether oxygens (including phenoxy) is 1. The summed E-state index contributed by atoms with van der Waals surface area (Å²) in [5.74, 6) is -1.00. The molecule has 0 amide bonds. The molecule has 0 aliphatic carbocycles. The van der Waals surface area contributed by atoms with Gasteiger partial charge in [-0.15, -0.1) is 0 Å². The minimum absolute atomic E-state index is 0.0592. The summed E-state index contributed by atoms with van der Waals surface area (Å²) in [4.78, 5) is 22.4. The van der Waals surface area contributed by atoms with E-state index >= 15 is 0 Å². The summed E-state index contributed by atoms with van der Waals surface area (Å²) in [5.41, 5.74) is 1.05. The van der Waals surface area contributed by atoms with Crippen LogP contribution in [0.5, 0.6) is 5.75 Å². The zero-order chi connectivity index (χ0) is 14.5. The van der Waals surface area contributed by atoms with E-state index in [1.54, 1.807) is 54.6 Å². The number of hydrogen-bond donors (Lipinski definition) is 0. The van der Waals surface area contributed by atoms with Crippen LogP contribution in [0.1, 0.15) is 28.9 Å². The molecule has 4 nitrogen and oxygen atoms in total. The Hall–Kier alpha value is -2.62. The Kier molecular flexibility index (Phi) is 4.15. The lowest BCUT2D eigenvalue weighted by Gasteiger charge is -2.20. The highest BCUT2D eigenvalue weighted by atomic mass is 16.5. The van der Waals surface area contributed by atoms with Gasteiger partial charge in [-0.3, -0.25) is 4.79 Å². The van der Waals surface area contributed by atoms with E-state index in [0.29, 0.717) is 16.9 Å². The zero-order valence-electron chi connectivity index (χ0n) is 10.9. The summed E-state index contributed by atoms with van der Waals surface area (Å²) in [7, 11) is 0. The minimum atomic E-state index is -1.31. The summed E-state index contributed by atoms with van der Waals surface area (Å²) >= 11 is 0. The number of carbonyl (C=O) groups excluding carboxylic acids is 2. The molecule has 0 aromatic heterocycles. The van der Waals surface area contributed by atoms with Crippen molar-refractivity contribution in [3.8, 4) is 5.75 Å². The van der Waals surface area contributed by atoms with Crippen LogP contribution in [-0.4, -0.2) is 11.8 Å². The quantitative estimate of drug-likeness (QED) is 0.776. The van der Waals surface area contributed by atoms with Gasteiger partial charge in [0.2, 0.25) is 0 Å². The number of aliphatic carboxylic acids is 1. The van der Waals surface area contributed by atoms with Crippen LogP contribution >= 0.6 is 0 Å². The van der Waals surface area contributed by atoms with E-state index in [4.69, 9.17) is 4.74 Å². The van der Waals surface area contributed by atoms with Crippen LogP contribution in [0.25, 0.3) is 0 Å². The maximum absolute atomic E-state index is 11.2. The molecule has 2 aromatic carbocycles. The van der Waals surface area contributed by atoms with Gasteiger partial charge in [0.15, 0.2) is 11.9 Å². The number of ketones is 1. The molecule has 0 N–H and O–H groups in total. The fourth-order valence-electron chi connectivity index (χ4n) is 1.78. The second-order valence-electron chi connectivity index (χ2n) is 4.31. The van der Waals surface area contributed by atoms with E-state index < -0.39 is 12.1 Å². The molecule has 0 saturated carbocycles. The molecule has 4 heteroatoms. The lowest BCUT2D eigenvalue weighted by molar-refractivity contribution is -0.314. The summed E-state index contributed by atoms with van der Waals surface area (Å²) in [6, 6.07) is 14.9. The molecule has 0 aliphatic rings. The van der Waals surface area contributed by atoms with E-state index in [-0.39, 0.29) is 5.78 Å². The molecule has 0 saturated heterocycles. The van der Waals surface area contributed by atoms with Crippen molar-refractivity contribution < 1.29 is 19.4 Å². The second kappa shape index (κ2) is 6.02. The lowest BCUT2D eigenvalue weighted by Crippen LogP contribution is -2.33. The van der Waals surface area contributed by atoms with Gasteiger partial charge in [-0.2, -0.15) is 0 Å². The molecule has 0 aliphatic heterocycles. The van der Waals surface area contributed by atoms with Crippen molar-refractivity contribution in [3.05, 3.63) is 65.7 Å². The average Bonchev–Trinajstić information content (AvgIpc) is 2.46. The largest absolute Gasteiger partial charge is 0.546 e. The molecule has 102 valence electrons. The van der Waals surface area contributed by atoms with Crippen LogP contribution < -0.4 is 9.84 Å². The molecular formula is C16H13O4-. The first-order chi connectivity index (χ1) is 9.58. The van der Waals surface area contributed by atoms with Gasteiger partial charge in [0.25, 0.3) is 0 Å². The van der Waals surface area contributed by atoms with Crippen LogP contribution in [0.2, 0.25) is 0 Å². The molecule has 0 fully saturated rings. The number of hydrogen-bond acceptors (Lipinski definition) is 4. The third-order valence-electron chi connectivity index (χ3n) is 2.83. The Labute approximate surface area is 116 Å². The third kappa shape index (κ3) is 3.23. The van der Waals surface area contributed by atoms with E-state index in [1.165, 1.54) is 6.92 Å². The number of carboxylic acid groups (broad SMARTS) is 1. The molecule has 0 radical (unpaired) electrons. The van der Waals surface area contributed by atoms with Gasteiger partial charge in [0.05, 0.1) is 5.97 Å². The molecule has 2 rings (SSSR count). The van der Waals surface area contributed by atoms with Crippen LogP contribution in [-0.2, 0) is 4.79 Å². The Morgan fingerprint density at radius 3 is 2.10 bits per heavy atom. The highest BCUT2D eigenvalue weighted by Crippen LogP contribution is 2.22. The van der Waals surface area contributed by atoms with E-state index in [9.17, 15) is 14.7 Å². The summed E-state index contributed by atoms with van der Waals surface area (Å²) < 4.78 is 5.42. The molecule has 2 aromatic rings. The van der Waals surface area contributed by atoms with Gasteiger partial charge in [0.1, 0.15) is 5.75 Å². The van der Waals surface area contributed by atoms with Crippen molar-refractivity contribution in [3.63, 3.8) is 0 Å². The molecule has 20 heavy (non-hydrogen) atoms. The van der Waals surface area contributed by atoms with Gasteiger partial charge in [-0.05, 0) is 36.8 Å². The number of carbonyl (C=O) groups is 2. The van der Waals surface area contributed by atoms with Crippen LogP contribution in [0.4, 0.5) is 0 Å². The van der Waals surface area contributed by atoms with Gasteiger partial charge in [0, 0.05) is 5.56 Å². The fourth-order valence-corrected chi connectivity index (χ4v) is 1.78. The molecular weight excluding hydrogens is 256 g/mol. The first kappa shape index (κ1) is 13.8. The standard InChI is InChI=1S/C16H14O4/c1-11(17)12-7-9-14(10-8-12)20-15(16(18)19)13-5-3-2-4-6-13/h2-10,15H,1H3,(H,18,19)/p-1/t15-/m0/s1. The molecule has 1 atom stereocenters. The van der Waals surface area contributed by atoms with E-state index in [1.807, 2.05) is 0 Å².